The van der Waals surface area contributed by atoms with Crippen molar-refractivity contribution in [3.63, 3.8) is 0 Å². The first-order valence-corrected chi connectivity index (χ1v) is 5.80. The maximum atomic E-state index is 12.1. The number of hydrogen-bond donors (Lipinski definition) is 3. The highest BCUT2D eigenvalue weighted by Crippen LogP contribution is 2.10. The Balaban J connectivity index is 2.95. The second-order valence-corrected chi connectivity index (χ2v) is 4.20. The van der Waals surface area contributed by atoms with Crippen LogP contribution in [0, 0.1) is 5.92 Å². The zero-order valence-electron chi connectivity index (χ0n) is 10.7. The number of H-pyrrole nitrogens is 1. The average molecular weight is 268 g/mol. The number of aromatic amines is 1. The second-order valence-electron chi connectivity index (χ2n) is 4.20. The molecular weight excluding hydrogens is 252 g/mol. The third-order valence-electron chi connectivity index (χ3n) is 2.66. The second kappa shape index (κ2) is 6.03. The highest BCUT2D eigenvalue weighted by Gasteiger charge is 2.21. The number of nitrogens with zero attached hydrogens (tertiary/aromatic N) is 1. The van der Waals surface area contributed by atoms with E-state index in [1.165, 1.54) is 11.8 Å². The van der Waals surface area contributed by atoms with Crippen LogP contribution in [0.4, 0.5) is 0 Å². The Hall–Kier alpha value is -2.31. The van der Waals surface area contributed by atoms with Crippen LogP contribution >= 0.6 is 0 Å². The Kier molecular flexibility index (Phi) is 4.68. The number of rotatable bonds is 5. The molecule has 1 heterocycles. The van der Waals surface area contributed by atoms with E-state index in [1.54, 1.807) is 6.92 Å². The number of nitrogens with one attached hydrogen (secondary N) is 1. The number of aromatic hydroxyl groups is 1. The van der Waals surface area contributed by atoms with Gasteiger partial charge in [-0.3, -0.25) is 19.4 Å². The third-order valence-corrected chi connectivity index (χ3v) is 2.66. The summed E-state index contributed by atoms with van der Waals surface area (Å²) in [4.78, 5) is 37.5. The van der Waals surface area contributed by atoms with Crippen molar-refractivity contribution in [2.75, 3.05) is 13.1 Å². The summed E-state index contributed by atoms with van der Waals surface area (Å²) in [6, 6.07) is 2.20. The van der Waals surface area contributed by atoms with Gasteiger partial charge in [0.1, 0.15) is 0 Å². The van der Waals surface area contributed by atoms with Crippen molar-refractivity contribution in [1.82, 2.24) is 9.88 Å². The maximum absolute atomic E-state index is 12.1. The molecule has 0 aliphatic carbocycles. The Bertz CT molecular complexity index is 537. The molecule has 1 rings (SSSR count). The first kappa shape index (κ1) is 14.7. The molecule has 19 heavy (non-hydrogen) atoms. The van der Waals surface area contributed by atoms with Crippen LogP contribution in [0.5, 0.6) is 5.88 Å². The van der Waals surface area contributed by atoms with Crippen LogP contribution in [0.25, 0.3) is 0 Å². The number of carbonyl (C=O) groups is 2. The van der Waals surface area contributed by atoms with Crippen LogP contribution < -0.4 is 5.56 Å². The summed E-state index contributed by atoms with van der Waals surface area (Å²) in [6.45, 7) is 3.55. The molecule has 1 unspecified atom stereocenters. The molecule has 0 fully saturated rings. The number of aromatic nitrogens is 1. The molecule has 1 aromatic rings. The Morgan fingerprint density at radius 2 is 2.05 bits per heavy atom. The van der Waals surface area contributed by atoms with E-state index in [1.807, 2.05) is 0 Å². The van der Waals surface area contributed by atoms with E-state index in [0.717, 1.165) is 12.1 Å². The highest BCUT2D eigenvalue weighted by atomic mass is 16.4. The fourth-order valence-corrected chi connectivity index (χ4v) is 1.60. The molecule has 0 bridgehead atoms. The fraction of sp³-hybridized carbons (Fsp3) is 0.417. The average Bonchev–Trinajstić information content (AvgIpc) is 2.33. The van der Waals surface area contributed by atoms with Gasteiger partial charge in [-0.25, -0.2) is 0 Å². The van der Waals surface area contributed by atoms with Gasteiger partial charge in [-0.05, 0) is 6.92 Å². The maximum Gasteiger partial charge on any atom is 0.308 e. The van der Waals surface area contributed by atoms with Gasteiger partial charge in [0.15, 0.2) is 5.88 Å². The number of amides is 1. The minimum atomic E-state index is -1.000. The van der Waals surface area contributed by atoms with E-state index in [9.17, 15) is 19.5 Å². The Morgan fingerprint density at radius 1 is 1.42 bits per heavy atom. The van der Waals surface area contributed by atoms with Crippen molar-refractivity contribution in [1.29, 1.82) is 0 Å². The van der Waals surface area contributed by atoms with Crippen molar-refractivity contribution < 1.29 is 19.8 Å². The van der Waals surface area contributed by atoms with Gasteiger partial charge in [-0.2, -0.15) is 0 Å². The van der Waals surface area contributed by atoms with Crippen LogP contribution in [0.1, 0.15) is 24.2 Å². The smallest absolute Gasteiger partial charge is 0.308 e. The molecule has 0 aromatic carbocycles. The lowest BCUT2D eigenvalue weighted by Gasteiger charge is -2.22. The van der Waals surface area contributed by atoms with Gasteiger partial charge in [0.05, 0.1) is 11.5 Å². The topological polar surface area (TPSA) is 111 Å². The van der Waals surface area contributed by atoms with Gasteiger partial charge < -0.3 is 15.1 Å². The summed E-state index contributed by atoms with van der Waals surface area (Å²) in [5, 5.41) is 18.1. The van der Waals surface area contributed by atoms with Crippen LogP contribution in [0.2, 0.25) is 0 Å². The highest BCUT2D eigenvalue weighted by molar-refractivity contribution is 5.94. The molecule has 104 valence electrons. The first-order chi connectivity index (χ1) is 8.85. The zero-order valence-corrected chi connectivity index (χ0v) is 10.7. The number of carboxylic acid groups (broad SMARTS) is 1. The molecule has 0 aliphatic rings. The summed E-state index contributed by atoms with van der Waals surface area (Å²) < 4.78 is 0. The standard InChI is InChI=1S/C12H16N2O5/c1-3-14(6-7(2)12(18)19)11(17)8-4-9(15)13-10(16)5-8/h4-5,7H,3,6H2,1-2H3,(H,18,19)(H2,13,15,16). The number of hydrogen-bond acceptors (Lipinski definition) is 4. The van der Waals surface area contributed by atoms with Gasteiger partial charge in [0, 0.05) is 25.2 Å². The van der Waals surface area contributed by atoms with E-state index in [2.05, 4.69) is 4.98 Å². The summed E-state index contributed by atoms with van der Waals surface area (Å²) >= 11 is 0. The van der Waals surface area contributed by atoms with Crippen molar-refractivity contribution >= 4 is 11.9 Å². The monoisotopic (exact) mass is 268 g/mol. The van der Waals surface area contributed by atoms with Gasteiger partial charge in [-0.15, -0.1) is 0 Å². The molecular formula is C12H16N2O5. The van der Waals surface area contributed by atoms with E-state index < -0.39 is 29.2 Å². The van der Waals surface area contributed by atoms with Crippen LogP contribution in [0.3, 0.4) is 0 Å². The third kappa shape index (κ3) is 3.84. The number of carbonyl (C=O) groups excluding carboxylic acids is 1. The van der Waals surface area contributed by atoms with Crippen LogP contribution in [-0.4, -0.2) is 45.1 Å². The molecule has 0 saturated carbocycles. The van der Waals surface area contributed by atoms with Crippen molar-refractivity contribution in [2.45, 2.75) is 13.8 Å². The summed E-state index contributed by atoms with van der Waals surface area (Å²) in [6.07, 6.45) is 0. The van der Waals surface area contributed by atoms with Crippen LogP contribution in [-0.2, 0) is 4.79 Å². The molecule has 0 saturated heterocycles. The van der Waals surface area contributed by atoms with Gasteiger partial charge in [0.2, 0.25) is 0 Å². The van der Waals surface area contributed by atoms with Crippen LogP contribution in [0.15, 0.2) is 16.9 Å². The Labute approximate surface area is 109 Å². The van der Waals surface area contributed by atoms with Crippen molar-refractivity contribution in [3.8, 4) is 5.88 Å². The fourth-order valence-electron chi connectivity index (χ4n) is 1.60. The summed E-state index contributed by atoms with van der Waals surface area (Å²) in [5.74, 6) is -2.60. The predicted octanol–water partition coefficient (Wildman–Crippen LogP) is 0.263. The predicted molar refractivity (Wildman–Crippen MR) is 67.1 cm³/mol. The van der Waals surface area contributed by atoms with Gasteiger partial charge >= 0.3 is 5.97 Å². The van der Waals surface area contributed by atoms with Gasteiger partial charge in [-0.1, -0.05) is 6.92 Å². The SMILES string of the molecule is CCN(CC(C)C(=O)O)C(=O)c1cc(O)[nH]c(=O)c1. The Morgan fingerprint density at radius 3 is 2.53 bits per heavy atom. The largest absolute Gasteiger partial charge is 0.494 e. The lowest BCUT2D eigenvalue weighted by Crippen LogP contribution is -2.37. The molecule has 1 amide bonds. The molecule has 7 nitrogen and oxygen atoms in total. The lowest BCUT2D eigenvalue weighted by atomic mass is 10.1. The minimum absolute atomic E-state index is 0.0284. The molecule has 7 heteroatoms. The molecule has 0 spiro atoms. The summed E-state index contributed by atoms with van der Waals surface area (Å²) in [7, 11) is 0. The number of pyridine rings is 1. The number of carboxylic acids is 1. The van der Waals surface area contributed by atoms with Crippen molar-refractivity contribution in [3.05, 3.63) is 28.0 Å². The quantitative estimate of drug-likeness (QED) is 0.709. The molecule has 3 N–H and O–H groups in total. The van der Waals surface area contributed by atoms with E-state index in [0.29, 0.717) is 6.54 Å². The molecule has 0 aliphatic heterocycles. The molecule has 1 atom stereocenters. The summed E-state index contributed by atoms with van der Waals surface area (Å²) in [5.41, 5.74) is -0.564. The zero-order chi connectivity index (χ0) is 14.6. The van der Waals surface area contributed by atoms with E-state index in [-0.39, 0.29) is 12.1 Å². The van der Waals surface area contributed by atoms with Crippen molar-refractivity contribution in [2.24, 2.45) is 5.92 Å². The molecule has 1 aromatic heterocycles. The first-order valence-electron chi connectivity index (χ1n) is 5.80. The molecule has 0 radical (unpaired) electrons. The minimum Gasteiger partial charge on any atom is -0.494 e. The van der Waals surface area contributed by atoms with Gasteiger partial charge in [0.25, 0.3) is 11.5 Å². The van der Waals surface area contributed by atoms with E-state index >= 15 is 0 Å². The normalized spacial score (nSPS) is 11.9. The van der Waals surface area contributed by atoms with E-state index in [4.69, 9.17) is 5.11 Å². The number of aliphatic carboxylic acids is 1. The lowest BCUT2D eigenvalue weighted by molar-refractivity contribution is -0.141.